The maximum Gasteiger partial charge on any atom is 0.326 e. The highest BCUT2D eigenvalue weighted by Crippen LogP contribution is 2.18. The molecule has 0 aromatic heterocycles. The van der Waals surface area contributed by atoms with E-state index in [1.807, 2.05) is 6.07 Å². The molecule has 2 atom stereocenters. The van der Waals surface area contributed by atoms with Crippen LogP contribution < -0.4 is 5.73 Å². The number of ether oxygens (including phenoxy) is 1. The molecule has 0 unspecified atom stereocenters. The van der Waals surface area contributed by atoms with Crippen molar-refractivity contribution in [3.63, 3.8) is 0 Å². The van der Waals surface area contributed by atoms with E-state index in [1.165, 1.54) is 0 Å². The number of esters is 1. The van der Waals surface area contributed by atoms with Gasteiger partial charge in [-0.05, 0) is 26.3 Å². The summed E-state index contributed by atoms with van der Waals surface area (Å²) in [5, 5.41) is 9.93. The zero-order chi connectivity index (χ0) is 13.1. The van der Waals surface area contributed by atoms with Crippen molar-refractivity contribution in [3.8, 4) is 0 Å². The van der Waals surface area contributed by atoms with Gasteiger partial charge in [-0.1, -0.05) is 30.3 Å². The van der Waals surface area contributed by atoms with E-state index in [2.05, 4.69) is 0 Å². The van der Waals surface area contributed by atoms with Gasteiger partial charge in [-0.15, -0.1) is 0 Å². The minimum absolute atomic E-state index is 0.603. The fraction of sp³-hybridized carbons (Fsp3) is 0.462. The van der Waals surface area contributed by atoms with Gasteiger partial charge in [0.1, 0.15) is 17.7 Å². The van der Waals surface area contributed by atoms with Gasteiger partial charge in [0, 0.05) is 0 Å². The van der Waals surface area contributed by atoms with E-state index in [9.17, 15) is 9.90 Å². The van der Waals surface area contributed by atoms with Crippen molar-refractivity contribution in [2.75, 3.05) is 0 Å². The second kappa shape index (κ2) is 5.29. The molecule has 4 heteroatoms. The monoisotopic (exact) mass is 237 g/mol. The highest BCUT2D eigenvalue weighted by Gasteiger charge is 2.28. The molecule has 0 saturated carbocycles. The largest absolute Gasteiger partial charge is 0.459 e. The lowest BCUT2D eigenvalue weighted by Crippen LogP contribution is -2.41. The first-order valence-corrected chi connectivity index (χ1v) is 5.53. The Balaban J connectivity index is 2.70. The van der Waals surface area contributed by atoms with Crippen LogP contribution in [0.1, 0.15) is 32.4 Å². The van der Waals surface area contributed by atoms with Crippen molar-refractivity contribution in [1.29, 1.82) is 0 Å². The minimum Gasteiger partial charge on any atom is -0.459 e. The molecule has 17 heavy (non-hydrogen) atoms. The quantitative estimate of drug-likeness (QED) is 0.779. The molecule has 0 aliphatic rings. The molecule has 0 spiro atoms. The molecule has 0 heterocycles. The van der Waals surface area contributed by atoms with Crippen LogP contribution in [0.2, 0.25) is 0 Å². The van der Waals surface area contributed by atoms with E-state index in [4.69, 9.17) is 10.5 Å². The number of carbonyl (C=O) groups is 1. The maximum absolute atomic E-state index is 11.7. The van der Waals surface area contributed by atoms with Crippen LogP contribution in [0.3, 0.4) is 0 Å². The Morgan fingerprint density at radius 1 is 1.29 bits per heavy atom. The SMILES string of the molecule is CC(C)(C)OC(=O)[C@@H](N)[C@H](O)c1ccccc1. The summed E-state index contributed by atoms with van der Waals surface area (Å²) < 4.78 is 5.12. The maximum atomic E-state index is 11.7. The van der Waals surface area contributed by atoms with Crippen LogP contribution in [-0.4, -0.2) is 22.7 Å². The van der Waals surface area contributed by atoms with E-state index in [1.54, 1.807) is 45.0 Å². The van der Waals surface area contributed by atoms with Gasteiger partial charge < -0.3 is 15.6 Å². The Hall–Kier alpha value is -1.39. The molecule has 94 valence electrons. The Morgan fingerprint density at radius 3 is 2.29 bits per heavy atom. The summed E-state index contributed by atoms with van der Waals surface area (Å²) in [7, 11) is 0. The predicted octanol–water partition coefficient (Wildman–Crippen LogP) is 1.39. The molecule has 4 nitrogen and oxygen atoms in total. The summed E-state index contributed by atoms with van der Waals surface area (Å²) in [5.41, 5.74) is 5.67. The summed E-state index contributed by atoms with van der Waals surface area (Å²) in [6.45, 7) is 5.27. The van der Waals surface area contributed by atoms with Gasteiger partial charge in [0.05, 0.1) is 0 Å². The molecule has 1 aromatic rings. The summed E-state index contributed by atoms with van der Waals surface area (Å²) in [6.07, 6.45) is -1.05. The molecule has 0 aliphatic heterocycles. The molecular formula is C13H19NO3. The van der Waals surface area contributed by atoms with Crippen LogP contribution in [0.4, 0.5) is 0 Å². The third-order valence-corrected chi connectivity index (χ3v) is 2.16. The summed E-state index contributed by atoms with van der Waals surface area (Å²) in [4.78, 5) is 11.7. The van der Waals surface area contributed by atoms with Crippen LogP contribution in [0.25, 0.3) is 0 Å². The number of benzene rings is 1. The number of aliphatic hydroxyl groups is 1. The third-order valence-electron chi connectivity index (χ3n) is 2.16. The van der Waals surface area contributed by atoms with E-state index in [-0.39, 0.29) is 0 Å². The zero-order valence-corrected chi connectivity index (χ0v) is 10.4. The molecule has 0 radical (unpaired) electrons. The van der Waals surface area contributed by atoms with Gasteiger partial charge in [0.15, 0.2) is 0 Å². The Labute approximate surface area is 101 Å². The normalized spacial score (nSPS) is 15.1. The van der Waals surface area contributed by atoms with Crippen LogP contribution in [0, 0.1) is 0 Å². The van der Waals surface area contributed by atoms with Crippen molar-refractivity contribution in [1.82, 2.24) is 0 Å². The van der Waals surface area contributed by atoms with Gasteiger partial charge in [0.25, 0.3) is 0 Å². The van der Waals surface area contributed by atoms with E-state index >= 15 is 0 Å². The lowest BCUT2D eigenvalue weighted by Gasteiger charge is -2.24. The minimum atomic E-state index is -1.07. The van der Waals surface area contributed by atoms with Crippen molar-refractivity contribution in [2.45, 2.75) is 38.5 Å². The molecule has 1 aromatic carbocycles. The number of aliphatic hydroxyl groups excluding tert-OH is 1. The average Bonchev–Trinajstić information content (AvgIpc) is 2.26. The van der Waals surface area contributed by atoms with Crippen LogP contribution >= 0.6 is 0 Å². The summed E-state index contributed by atoms with van der Waals surface area (Å²) in [6, 6.07) is 7.75. The standard InChI is InChI=1S/C13H19NO3/c1-13(2,3)17-12(16)10(14)11(15)9-7-5-4-6-8-9/h4-8,10-11,15H,14H2,1-3H3/t10-,11+/m0/s1. The lowest BCUT2D eigenvalue weighted by molar-refractivity contribution is -0.159. The van der Waals surface area contributed by atoms with Crippen LogP contribution in [-0.2, 0) is 9.53 Å². The van der Waals surface area contributed by atoms with Gasteiger partial charge in [-0.25, -0.2) is 0 Å². The number of rotatable bonds is 3. The fourth-order valence-electron chi connectivity index (χ4n) is 1.36. The summed E-state index contributed by atoms with van der Waals surface area (Å²) >= 11 is 0. The third kappa shape index (κ3) is 4.17. The molecule has 0 bridgehead atoms. The van der Waals surface area contributed by atoms with Crippen molar-refractivity contribution in [3.05, 3.63) is 35.9 Å². The first kappa shape index (κ1) is 13.7. The number of carbonyl (C=O) groups excluding carboxylic acids is 1. The average molecular weight is 237 g/mol. The molecular weight excluding hydrogens is 218 g/mol. The van der Waals surface area contributed by atoms with Crippen LogP contribution in [0.15, 0.2) is 30.3 Å². The van der Waals surface area contributed by atoms with E-state index < -0.39 is 23.7 Å². The number of hydrogen-bond acceptors (Lipinski definition) is 4. The highest BCUT2D eigenvalue weighted by molar-refractivity contribution is 5.77. The second-order valence-electron chi connectivity index (χ2n) is 4.91. The fourth-order valence-corrected chi connectivity index (χ4v) is 1.36. The number of nitrogens with two attached hydrogens (primary N) is 1. The Kier molecular flexibility index (Phi) is 4.26. The van der Waals surface area contributed by atoms with Crippen molar-refractivity contribution in [2.24, 2.45) is 5.73 Å². The van der Waals surface area contributed by atoms with Crippen molar-refractivity contribution < 1.29 is 14.6 Å². The molecule has 0 fully saturated rings. The van der Waals surface area contributed by atoms with E-state index in [0.29, 0.717) is 5.56 Å². The van der Waals surface area contributed by atoms with Crippen LogP contribution in [0.5, 0.6) is 0 Å². The molecule has 3 N–H and O–H groups in total. The highest BCUT2D eigenvalue weighted by atomic mass is 16.6. The van der Waals surface area contributed by atoms with Gasteiger partial charge in [0.2, 0.25) is 0 Å². The zero-order valence-electron chi connectivity index (χ0n) is 10.4. The van der Waals surface area contributed by atoms with E-state index in [0.717, 1.165) is 0 Å². The first-order valence-electron chi connectivity index (χ1n) is 5.53. The lowest BCUT2D eigenvalue weighted by atomic mass is 10.0. The molecule has 0 aliphatic carbocycles. The smallest absolute Gasteiger partial charge is 0.326 e. The predicted molar refractivity (Wildman–Crippen MR) is 65.2 cm³/mol. The van der Waals surface area contributed by atoms with Crippen molar-refractivity contribution >= 4 is 5.97 Å². The first-order chi connectivity index (χ1) is 7.81. The molecule has 0 saturated heterocycles. The topological polar surface area (TPSA) is 72.5 Å². The molecule has 1 rings (SSSR count). The second-order valence-corrected chi connectivity index (χ2v) is 4.91. The van der Waals surface area contributed by atoms with Gasteiger partial charge >= 0.3 is 5.97 Å². The van der Waals surface area contributed by atoms with Gasteiger partial charge in [-0.3, -0.25) is 4.79 Å². The molecule has 0 amide bonds. The number of hydrogen-bond donors (Lipinski definition) is 2. The Morgan fingerprint density at radius 2 is 1.82 bits per heavy atom. The Bertz CT molecular complexity index is 370. The summed E-state index contributed by atoms with van der Waals surface area (Å²) in [5.74, 6) is -0.603. The van der Waals surface area contributed by atoms with Gasteiger partial charge in [-0.2, -0.15) is 0 Å².